The molecule has 0 saturated carbocycles. The van der Waals surface area contributed by atoms with E-state index in [0.29, 0.717) is 31.7 Å². The van der Waals surface area contributed by atoms with Crippen molar-refractivity contribution in [2.45, 2.75) is 51.3 Å². The Balaban J connectivity index is 2.02. The SMILES string of the molecule is CCOCc1ccccc1CNC(=O)c1ccc(S(=O)(=O)NC(C)CC)cc1. The molecule has 0 heterocycles. The van der Waals surface area contributed by atoms with Crippen molar-refractivity contribution < 1.29 is 17.9 Å². The molecule has 0 aromatic heterocycles. The van der Waals surface area contributed by atoms with E-state index in [0.717, 1.165) is 11.1 Å². The molecular weight excluding hydrogens is 376 g/mol. The largest absolute Gasteiger partial charge is 0.377 e. The average molecular weight is 405 g/mol. The van der Waals surface area contributed by atoms with Gasteiger partial charge in [-0.05, 0) is 55.7 Å². The van der Waals surface area contributed by atoms with Crippen LogP contribution in [0.5, 0.6) is 0 Å². The van der Waals surface area contributed by atoms with Crippen LogP contribution in [0, 0.1) is 0 Å². The zero-order valence-corrected chi connectivity index (χ0v) is 17.4. The third-order valence-electron chi connectivity index (χ3n) is 4.41. The molecule has 1 amide bonds. The van der Waals surface area contributed by atoms with Crippen LogP contribution in [0.25, 0.3) is 0 Å². The molecule has 0 aliphatic rings. The Morgan fingerprint density at radius 3 is 2.29 bits per heavy atom. The summed E-state index contributed by atoms with van der Waals surface area (Å²) < 4.78 is 32.6. The van der Waals surface area contributed by atoms with Gasteiger partial charge in [0.25, 0.3) is 5.91 Å². The molecule has 7 heteroatoms. The zero-order valence-electron chi connectivity index (χ0n) is 16.6. The molecule has 0 bridgehead atoms. The fraction of sp³-hybridized carbons (Fsp3) is 0.381. The maximum atomic E-state index is 12.4. The van der Waals surface area contributed by atoms with E-state index in [2.05, 4.69) is 10.0 Å². The minimum Gasteiger partial charge on any atom is -0.377 e. The van der Waals surface area contributed by atoms with Gasteiger partial charge in [-0.25, -0.2) is 13.1 Å². The number of ether oxygens (including phenoxy) is 1. The van der Waals surface area contributed by atoms with Gasteiger partial charge in [0.1, 0.15) is 0 Å². The average Bonchev–Trinajstić information content (AvgIpc) is 2.70. The molecule has 2 N–H and O–H groups in total. The van der Waals surface area contributed by atoms with Gasteiger partial charge in [-0.1, -0.05) is 31.2 Å². The summed E-state index contributed by atoms with van der Waals surface area (Å²) in [5.74, 6) is -0.259. The van der Waals surface area contributed by atoms with Crippen LogP contribution in [0.4, 0.5) is 0 Å². The highest BCUT2D eigenvalue weighted by Crippen LogP contribution is 2.13. The van der Waals surface area contributed by atoms with E-state index in [9.17, 15) is 13.2 Å². The molecule has 152 valence electrons. The predicted octanol–water partition coefficient (Wildman–Crippen LogP) is 3.23. The van der Waals surface area contributed by atoms with E-state index in [1.54, 1.807) is 0 Å². The number of amides is 1. The number of rotatable bonds is 10. The Kier molecular flexibility index (Phi) is 8.17. The molecule has 0 aliphatic heterocycles. The molecule has 0 spiro atoms. The van der Waals surface area contributed by atoms with Gasteiger partial charge in [0.05, 0.1) is 11.5 Å². The van der Waals surface area contributed by atoms with Crippen molar-refractivity contribution in [1.29, 1.82) is 0 Å². The molecule has 6 nitrogen and oxygen atoms in total. The third-order valence-corrected chi connectivity index (χ3v) is 6.02. The van der Waals surface area contributed by atoms with Crippen LogP contribution in [0.15, 0.2) is 53.4 Å². The summed E-state index contributed by atoms with van der Waals surface area (Å²) in [6, 6.07) is 13.6. The molecular formula is C21H28N2O4S. The molecule has 0 saturated heterocycles. The zero-order chi connectivity index (χ0) is 20.6. The lowest BCUT2D eigenvalue weighted by Gasteiger charge is -2.13. The first kappa shape index (κ1) is 22.1. The van der Waals surface area contributed by atoms with Crippen LogP contribution in [-0.2, 0) is 27.9 Å². The number of sulfonamides is 1. The summed E-state index contributed by atoms with van der Waals surface area (Å²) in [6.45, 7) is 7.15. The second kappa shape index (κ2) is 10.4. The maximum absolute atomic E-state index is 12.4. The van der Waals surface area contributed by atoms with E-state index in [1.807, 2.05) is 45.0 Å². The molecule has 1 atom stereocenters. The number of hydrogen-bond acceptors (Lipinski definition) is 4. The van der Waals surface area contributed by atoms with Crippen LogP contribution in [-0.4, -0.2) is 27.0 Å². The second-order valence-corrected chi connectivity index (χ2v) is 8.26. The lowest BCUT2D eigenvalue weighted by atomic mass is 10.1. The Labute approximate surface area is 167 Å². The van der Waals surface area contributed by atoms with Crippen molar-refractivity contribution in [2.24, 2.45) is 0 Å². The van der Waals surface area contributed by atoms with Crippen molar-refractivity contribution in [3.63, 3.8) is 0 Å². The summed E-state index contributed by atoms with van der Waals surface area (Å²) >= 11 is 0. The van der Waals surface area contributed by atoms with Crippen molar-refractivity contribution in [1.82, 2.24) is 10.0 Å². The smallest absolute Gasteiger partial charge is 0.251 e. The fourth-order valence-corrected chi connectivity index (χ4v) is 3.89. The Bertz CT molecular complexity index is 880. The van der Waals surface area contributed by atoms with Crippen LogP contribution < -0.4 is 10.0 Å². The normalized spacial score (nSPS) is 12.5. The van der Waals surface area contributed by atoms with Crippen LogP contribution in [0.1, 0.15) is 48.7 Å². The minimum absolute atomic E-state index is 0.145. The molecule has 2 rings (SSSR count). The summed E-state index contributed by atoms with van der Waals surface area (Å²) in [6.07, 6.45) is 0.699. The minimum atomic E-state index is -3.58. The van der Waals surface area contributed by atoms with Crippen molar-refractivity contribution in [2.75, 3.05) is 6.61 Å². The van der Waals surface area contributed by atoms with Gasteiger partial charge in [0.2, 0.25) is 10.0 Å². The van der Waals surface area contributed by atoms with Gasteiger partial charge >= 0.3 is 0 Å². The quantitative estimate of drug-likeness (QED) is 0.637. The molecule has 0 aliphatic carbocycles. The first-order valence-electron chi connectivity index (χ1n) is 9.42. The molecule has 2 aromatic rings. The highest BCUT2D eigenvalue weighted by atomic mass is 32.2. The molecule has 1 unspecified atom stereocenters. The molecule has 0 radical (unpaired) electrons. The molecule has 28 heavy (non-hydrogen) atoms. The Morgan fingerprint density at radius 1 is 1.04 bits per heavy atom. The number of benzene rings is 2. The van der Waals surface area contributed by atoms with E-state index in [1.165, 1.54) is 24.3 Å². The van der Waals surface area contributed by atoms with E-state index in [4.69, 9.17) is 4.74 Å². The number of carbonyl (C=O) groups is 1. The lowest BCUT2D eigenvalue weighted by Crippen LogP contribution is -2.32. The highest BCUT2D eigenvalue weighted by molar-refractivity contribution is 7.89. The van der Waals surface area contributed by atoms with Gasteiger partial charge < -0.3 is 10.1 Å². The Hall–Kier alpha value is -2.22. The lowest BCUT2D eigenvalue weighted by molar-refractivity contribution is 0.0949. The van der Waals surface area contributed by atoms with Crippen LogP contribution in [0.3, 0.4) is 0 Å². The molecule has 0 fully saturated rings. The van der Waals surface area contributed by atoms with E-state index >= 15 is 0 Å². The predicted molar refractivity (Wildman–Crippen MR) is 109 cm³/mol. The Morgan fingerprint density at radius 2 is 1.68 bits per heavy atom. The highest BCUT2D eigenvalue weighted by Gasteiger charge is 2.17. The van der Waals surface area contributed by atoms with Crippen molar-refractivity contribution in [3.05, 3.63) is 65.2 Å². The first-order valence-corrected chi connectivity index (χ1v) is 10.9. The molecule has 2 aromatic carbocycles. The van der Waals surface area contributed by atoms with Gasteiger partial charge in [0.15, 0.2) is 0 Å². The maximum Gasteiger partial charge on any atom is 0.251 e. The van der Waals surface area contributed by atoms with Gasteiger partial charge in [-0.2, -0.15) is 0 Å². The van der Waals surface area contributed by atoms with Gasteiger partial charge in [-0.3, -0.25) is 4.79 Å². The number of nitrogens with one attached hydrogen (secondary N) is 2. The van der Waals surface area contributed by atoms with E-state index in [-0.39, 0.29) is 16.8 Å². The summed E-state index contributed by atoms with van der Waals surface area (Å²) in [5, 5.41) is 2.87. The summed E-state index contributed by atoms with van der Waals surface area (Å²) in [4.78, 5) is 12.6. The second-order valence-electron chi connectivity index (χ2n) is 6.54. The van der Waals surface area contributed by atoms with Crippen LogP contribution >= 0.6 is 0 Å². The van der Waals surface area contributed by atoms with Crippen molar-refractivity contribution >= 4 is 15.9 Å². The number of hydrogen-bond donors (Lipinski definition) is 2. The van der Waals surface area contributed by atoms with Crippen molar-refractivity contribution in [3.8, 4) is 0 Å². The number of carbonyl (C=O) groups excluding carboxylic acids is 1. The summed E-state index contributed by atoms with van der Waals surface area (Å²) in [7, 11) is -3.58. The summed E-state index contributed by atoms with van der Waals surface area (Å²) in [5.41, 5.74) is 2.42. The van der Waals surface area contributed by atoms with E-state index < -0.39 is 10.0 Å². The van der Waals surface area contributed by atoms with Crippen LogP contribution in [0.2, 0.25) is 0 Å². The topological polar surface area (TPSA) is 84.5 Å². The first-order chi connectivity index (χ1) is 13.4. The standard InChI is InChI=1S/C21H28N2O4S/c1-4-16(3)23-28(25,26)20-12-10-17(11-13-20)21(24)22-14-18-8-6-7-9-19(18)15-27-5-2/h6-13,16,23H,4-5,14-15H2,1-3H3,(H,22,24). The monoisotopic (exact) mass is 404 g/mol. The fourth-order valence-electron chi connectivity index (χ4n) is 2.56. The third kappa shape index (κ3) is 6.15. The van der Waals surface area contributed by atoms with Gasteiger partial charge in [0, 0.05) is 24.8 Å². The van der Waals surface area contributed by atoms with Gasteiger partial charge in [-0.15, -0.1) is 0 Å².